The number of hydrogen-bond donors (Lipinski definition) is 2. The molecule has 1 heterocycles. The number of carbonyl (C=O) groups is 1. The van der Waals surface area contributed by atoms with Crippen LogP contribution in [0.2, 0.25) is 0 Å². The lowest BCUT2D eigenvalue weighted by Crippen LogP contribution is -2.15. The Labute approximate surface area is 167 Å². The van der Waals surface area contributed by atoms with Gasteiger partial charge in [0.25, 0.3) is 0 Å². The Hall–Kier alpha value is -3.48. The predicted octanol–water partition coefficient (Wildman–Crippen LogP) is 4.05. The van der Waals surface area contributed by atoms with E-state index < -0.39 is 0 Å². The summed E-state index contributed by atoms with van der Waals surface area (Å²) in [6.07, 6.45) is 4.67. The predicted molar refractivity (Wildman–Crippen MR) is 109 cm³/mol. The highest BCUT2D eigenvalue weighted by molar-refractivity contribution is 6.11. The highest BCUT2D eigenvalue weighted by atomic mass is 19.1. The van der Waals surface area contributed by atoms with Crippen molar-refractivity contribution in [1.29, 1.82) is 0 Å². The molecule has 0 spiro atoms. The van der Waals surface area contributed by atoms with Crippen molar-refractivity contribution in [3.8, 4) is 5.75 Å². The van der Waals surface area contributed by atoms with E-state index in [2.05, 4.69) is 10.1 Å². The topological polar surface area (TPSA) is 97.8 Å². The van der Waals surface area contributed by atoms with Gasteiger partial charge >= 0.3 is 0 Å². The third kappa shape index (κ3) is 4.51. The Morgan fingerprint density at radius 3 is 2.69 bits per heavy atom. The molecule has 0 saturated carbocycles. The zero-order valence-electron chi connectivity index (χ0n) is 16.1. The zero-order valence-corrected chi connectivity index (χ0v) is 16.1. The first-order valence-corrected chi connectivity index (χ1v) is 9.33. The van der Waals surface area contributed by atoms with Crippen molar-refractivity contribution in [2.45, 2.75) is 26.2 Å². The van der Waals surface area contributed by atoms with Crippen LogP contribution < -0.4 is 10.5 Å². The number of aldehydes is 1. The molecule has 0 radical (unpaired) electrons. The summed E-state index contributed by atoms with van der Waals surface area (Å²) >= 11 is 0. The van der Waals surface area contributed by atoms with Gasteiger partial charge < -0.3 is 15.7 Å². The molecular weight excluding hydrogens is 373 g/mol. The fourth-order valence-corrected chi connectivity index (χ4v) is 3.09. The summed E-state index contributed by atoms with van der Waals surface area (Å²) in [5.74, 6) is -0.0416. The molecule has 0 atom stereocenters. The molecule has 0 unspecified atom stereocenters. The Kier molecular flexibility index (Phi) is 6.39. The highest BCUT2D eigenvalue weighted by Gasteiger charge is 2.17. The molecule has 0 bridgehead atoms. The van der Waals surface area contributed by atoms with Crippen LogP contribution >= 0.6 is 0 Å². The van der Waals surface area contributed by atoms with Crippen LogP contribution in [0.25, 0.3) is 10.9 Å². The minimum atomic E-state index is -0.296. The van der Waals surface area contributed by atoms with Crippen molar-refractivity contribution in [2.24, 2.45) is 10.9 Å². The monoisotopic (exact) mass is 395 g/mol. The summed E-state index contributed by atoms with van der Waals surface area (Å²) in [5, 5.41) is 12.9. The number of nitrogens with two attached hydrogens (primary N) is 1. The lowest BCUT2D eigenvalue weighted by molar-refractivity contribution is 0.111. The largest absolute Gasteiger partial charge is 0.491 e. The molecule has 150 valence electrons. The maximum absolute atomic E-state index is 13.2. The number of aromatic nitrogens is 1. The fraction of sp³-hybridized carbons (Fsp3) is 0.227. The number of fused-ring (bicyclic) bond motifs is 1. The van der Waals surface area contributed by atoms with Crippen LogP contribution in [0.15, 0.2) is 47.8 Å². The van der Waals surface area contributed by atoms with Gasteiger partial charge in [-0.25, -0.2) is 4.39 Å². The number of hydrogen-bond acceptors (Lipinski definition) is 5. The number of benzene rings is 2. The van der Waals surface area contributed by atoms with E-state index >= 15 is 0 Å². The first-order valence-electron chi connectivity index (χ1n) is 9.33. The summed E-state index contributed by atoms with van der Waals surface area (Å²) in [4.78, 5) is 16.1. The molecule has 29 heavy (non-hydrogen) atoms. The number of halogens is 1. The molecule has 0 amide bonds. The molecule has 3 aromatic rings. The van der Waals surface area contributed by atoms with Gasteiger partial charge in [0.1, 0.15) is 11.3 Å². The fourth-order valence-electron chi connectivity index (χ4n) is 3.09. The molecule has 3 rings (SSSR count). The first kappa shape index (κ1) is 20.3. The highest BCUT2D eigenvalue weighted by Crippen LogP contribution is 2.32. The normalized spacial score (nSPS) is 11.6. The van der Waals surface area contributed by atoms with Crippen molar-refractivity contribution in [2.75, 3.05) is 6.61 Å². The van der Waals surface area contributed by atoms with Crippen molar-refractivity contribution < 1.29 is 19.1 Å². The van der Waals surface area contributed by atoms with E-state index in [1.807, 2.05) is 13.0 Å². The number of rotatable bonds is 8. The molecular formula is C22H22FN3O3. The number of unbranched alkanes of at least 4 members (excludes halogenated alkanes) is 1. The molecule has 7 heteroatoms. The standard InChI is InChI=1S/C22H22FN3O3/c1-2-3-8-29-21-16(13-27)11-19(22(24)26-28)18-10-15(12-25-20(18)21)9-14-4-6-17(23)7-5-14/h4-7,10-13,28H,2-3,8-9H2,1H3,(H2,24,26). The Morgan fingerprint density at radius 2 is 2.03 bits per heavy atom. The molecule has 2 aromatic carbocycles. The van der Waals surface area contributed by atoms with Crippen molar-refractivity contribution in [1.82, 2.24) is 4.98 Å². The van der Waals surface area contributed by atoms with E-state index in [1.165, 1.54) is 18.2 Å². The Bertz CT molecular complexity index is 1050. The summed E-state index contributed by atoms with van der Waals surface area (Å²) in [7, 11) is 0. The Balaban J connectivity index is 2.12. The number of amidine groups is 1. The maximum atomic E-state index is 13.2. The first-order chi connectivity index (χ1) is 14.1. The van der Waals surface area contributed by atoms with Gasteiger partial charge in [0.2, 0.25) is 0 Å². The lowest BCUT2D eigenvalue weighted by atomic mass is 9.99. The quantitative estimate of drug-likeness (QED) is 0.150. The maximum Gasteiger partial charge on any atom is 0.170 e. The van der Waals surface area contributed by atoms with Gasteiger partial charge in [-0.3, -0.25) is 9.78 Å². The van der Waals surface area contributed by atoms with E-state index in [0.29, 0.717) is 41.5 Å². The average molecular weight is 395 g/mol. The van der Waals surface area contributed by atoms with Crippen LogP contribution in [-0.4, -0.2) is 28.9 Å². The summed E-state index contributed by atoms with van der Waals surface area (Å²) in [5.41, 5.74) is 8.77. The van der Waals surface area contributed by atoms with Gasteiger partial charge in [0.15, 0.2) is 17.9 Å². The van der Waals surface area contributed by atoms with E-state index in [0.717, 1.165) is 24.0 Å². The van der Waals surface area contributed by atoms with E-state index in [-0.39, 0.29) is 17.2 Å². The molecule has 1 aromatic heterocycles. The van der Waals surface area contributed by atoms with Crippen LogP contribution in [0.5, 0.6) is 5.75 Å². The van der Waals surface area contributed by atoms with Gasteiger partial charge in [-0.1, -0.05) is 30.6 Å². The number of ether oxygens (including phenoxy) is 1. The van der Waals surface area contributed by atoms with Crippen molar-refractivity contribution in [3.05, 3.63) is 70.7 Å². The molecule has 6 nitrogen and oxygen atoms in total. The average Bonchev–Trinajstić information content (AvgIpc) is 2.74. The molecule has 0 aliphatic carbocycles. The zero-order chi connectivity index (χ0) is 20.8. The molecule has 0 saturated heterocycles. The van der Waals surface area contributed by atoms with E-state index in [4.69, 9.17) is 10.5 Å². The SMILES string of the molecule is CCCCOc1c(C=O)cc(/C(N)=N/O)c2cc(Cc3ccc(F)cc3)cnc12. The van der Waals surface area contributed by atoms with Gasteiger partial charge in [-0.15, -0.1) is 0 Å². The molecule has 0 aliphatic heterocycles. The van der Waals surface area contributed by atoms with Crippen LogP contribution in [0.3, 0.4) is 0 Å². The summed E-state index contributed by atoms with van der Waals surface area (Å²) in [6, 6.07) is 9.62. The van der Waals surface area contributed by atoms with Gasteiger partial charge in [-0.2, -0.15) is 0 Å². The van der Waals surface area contributed by atoms with Crippen LogP contribution in [-0.2, 0) is 6.42 Å². The minimum Gasteiger partial charge on any atom is -0.491 e. The van der Waals surface area contributed by atoms with Crippen molar-refractivity contribution >= 4 is 23.0 Å². The van der Waals surface area contributed by atoms with Gasteiger partial charge in [0, 0.05) is 17.1 Å². The van der Waals surface area contributed by atoms with Gasteiger partial charge in [-0.05, 0) is 48.2 Å². The second-order valence-corrected chi connectivity index (χ2v) is 6.69. The number of pyridine rings is 1. The second-order valence-electron chi connectivity index (χ2n) is 6.69. The van der Waals surface area contributed by atoms with E-state index in [9.17, 15) is 14.4 Å². The third-order valence-corrected chi connectivity index (χ3v) is 4.59. The summed E-state index contributed by atoms with van der Waals surface area (Å²) < 4.78 is 19.0. The number of oxime groups is 1. The van der Waals surface area contributed by atoms with E-state index in [1.54, 1.807) is 18.3 Å². The second kappa shape index (κ2) is 9.14. The molecule has 0 aliphatic rings. The van der Waals surface area contributed by atoms with Crippen LogP contribution in [0, 0.1) is 5.82 Å². The molecule has 0 fully saturated rings. The van der Waals surface area contributed by atoms with Gasteiger partial charge in [0.05, 0.1) is 12.2 Å². The smallest absolute Gasteiger partial charge is 0.170 e. The van der Waals surface area contributed by atoms with Crippen LogP contribution in [0.1, 0.15) is 46.8 Å². The summed E-state index contributed by atoms with van der Waals surface area (Å²) in [6.45, 7) is 2.50. The Morgan fingerprint density at radius 1 is 1.28 bits per heavy atom. The molecule has 3 N–H and O–H groups in total. The van der Waals surface area contributed by atoms with Crippen LogP contribution in [0.4, 0.5) is 4.39 Å². The minimum absolute atomic E-state index is 0.126. The number of carbonyl (C=O) groups excluding carboxylic acids is 1. The third-order valence-electron chi connectivity index (χ3n) is 4.59. The van der Waals surface area contributed by atoms with Crippen molar-refractivity contribution in [3.63, 3.8) is 0 Å². The number of nitrogens with zero attached hydrogens (tertiary/aromatic N) is 2. The lowest BCUT2D eigenvalue weighted by Gasteiger charge is -2.15.